The molecular formula is C18H23N3O3. The van der Waals surface area contributed by atoms with Crippen LogP contribution in [0.5, 0.6) is 0 Å². The number of benzene rings is 1. The molecule has 0 aliphatic carbocycles. The van der Waals surface area contributed by atoms with Gasteiger partial charge >= 0.3 is 5.63 Å². The maximum atomic E-state index is 11.7. The lowest BCUT2D eigenvalue weighted by atomic mass is 10.2. The van der Waals surface area contributed by atoms with E-state index in [0.29, 0.717) is 12.0 Å². The van der Waals surface area contributed by atoms with Crippen LogP contribution in [0.1, 0.15) is 13.3 Å². The number of rotatable bonds is 5. The Morgan fingerprint density at radius 1 is 1.21 bits per heavy atom. The van der Waals surface area contributed by atoms with Crippen LogP contribution in [0.15, 0.2) is 39.5 Å². The largest absolute Gasteiger partial charge is 0.423 e. The number of nitrogens with one attached hydrogen (secondary N) is 1. The number of nitrogens with zero attached hydrogens (tertiary/aromatic N) is 2. The number of hydrogen-bond acceptors (Lipinski definition) is 5. The molecule has 128 valence electrons. The molecule has 0 atom stereocenters. The van der Waals surface area contributed by atoms with Crippen molar-refractivity contribution >= 4 is 22.6 Å². The summed E-state index contributed by atoms with van der Waals surface area (Å²) in [6.07, 6.45) is 0.575. The minimum absolute atomic E-state index is 0.232. The number of carbonyl (C=O) groups excluding carboxylic acids is 1. The summed E-state index contributed by atoms with van der Waals surface area (Å²) in [5, 5.41) is 4.25. The summed E-state index contributed by atoms with van der Waals surface area (Å²) in [5.41, 5.74) is 1.06. The van der Waals surface area contributed by atoms with E-state index >= 15 is 0 Å². The average molecular weight is 329 g/mol. The molecular weight excluding hydrogens is 306 g/mol. The van der Waals surface area contributed by atoms with E-state index in [4.69, 9.17) is 4.42 Å². The number of carbonyl (C=O) groups is 1. The second-order valence-electron chi connectivity index (χ2n) is 5.98. The summed E-state index contributed by atoms with van der Waals surface area (Å²) in [4.78, 5) is 27.6. The predicted molar refractivity (Wildman–Crippen MR) is 94.3 cm³/mol. The summed E-state index contributed by atoms with van der Waals surface area (Å²) in [6, 6.07) is 9.02. The monoisotopic (exact) mass is 329 g/mol. The minimum Gasteiger partial charge on any atom is -0.423 e. The highest BCUT2D eigenvalue weighted by Crippen LogP contribution is 2.20. The number of anilines is 1. The van der Waals surface area contributed by atoms with E-state index in [0.717, 1.165) is 50.3 Å². The van der Waals surface area contributed by atoms with Crippen molar-refractivity contribution in [3.8, 4) is 0 Å². The first-order valence-electron chi connectivity index (χ1n) is 8.44. The van der Waals surface area contributed by atoms with Crippen LogP contribution in [0.3, 0.4) is 0 Å². The van der Waals surface area contributed by atoms with Crippen LogP contribution < -0.4 is 10.9 Å². The fraction of sp³-hybridized carbons (Fsp3) is 0.444. The van der Waals surface area contributed by atoms with Crippen molar-refractivity contribution in [2.45, 2.75) is 13.3 Å². The highest BCUT2D eigenvalue weighted by Gasteiger charge is 2.19. The molecule has 3 rings (SSSR count). The van der Waals surface area contributed by atoms with Crippen LogP contribution in [0.2, 0.25) is 0 Å². The van der Waals surface area contributed by atoms with Gasteiger partial charge in [0, 0.05) is 57.1 Å². The number of fused-ring (bicyclic) bond motifs is 1. The Hall–Kier alpha value is -2.34. The second kappa shape index (κ2) is 7.49. The minimum atomic E-state index is -0.345. The Labute approximate surface area is 141 Å². The zero-order valence-corrected chi connectivity index (χ0v) is 14.0. The van der Waals surface area contributed by atoms with Gasteiger partial charge < -0.3 is 14.6 Å². The van der Waals surface area contributed by atoms with Gasteiger partial charge in [0.05, 0.1) is 5.69 Å². The molecule has 0 spiro atoms. The fourth-order valence-corrected chi connectivity index (χ4v) is 3.05. The molecule has 0 unspecified atom stereocenters. The molecule has 1 amide bonds. The lowest BCUT2D eigenvalue weighted by molar-refractivity contribution is -0.132. The highest BCUT2D eigenvalue weighted by atomic mass is 16.4. The lowest BCUT2D eigenvalue weighted by Gasteiger charge is -2.34. The first-order chi connectivity index (χ1) is 11.7. The SMILES string of the molecule is CCC(=O)N1CCN(CCNc2cc(=O)oc3ccccc23)CC1. The summed E-state index contributed by atoms with van der Waals surface area (Å²) < 4.78 is 5.20. The second-order valence-corrected chi connectivity index (χ2v) is 5.98. The molecule has 1 aliphatic heterocycles. The molecule has 0 radical (unpaired) electrons. The van der Waals surface area contributed by atoms with Gasteiger partial charge in [0.1, 0.15) is 5.58 Å². The van der Waals surface area contributed by atoms with Crippen molar-refractivity contribution in [2.24, 2.45) is 0 Å². The van der Waals surface area contributed by atoms with Gasteiger partial charge in [-0.15, -0.1) is 0 Å². The first-order valence-corrected chi connectivity index (χ1v) is 8.44. The van der Waals surface area contributed by atoms with Gasteiger partial charge in [0.2, 0.25) is 5.91 Å². The molecule has 2 aromatic rings. The number of hydrogen-bond donors (Lipinski definition) is 1. The van der Waals surface area contributed by atoms with Gasteiger partial charge in [0.25, 0.3) is 0 Å². The molecule has 1 N–H and O–H groups in total. The maximum absolute atomic E-state index is 11.7. The summed E-state index contributed by atoms with van der Waals surface area (Å²) >= 11 is 0. The van der Waals surface area contributed by atoms with E-state index in [9.17, 15) is 9.59 Å². The Morgan fingerprint density at radius 2 is 1.96 bits per heavy atom. The molecule has 6 heteroatoms. The smallest absolute Gasteiger partial charge is 0.338 e. The van der Waals surface area contributed by atoms with Crippen molar-refractivity contribution in [3.05, 3.63) is 40.8 Å². The van der Waals surface area contributed by atoms with Gasteiger partial charge in [-0.3, -0.25) is 9.69 Å². The van der Waals surface area contributed by atoms with Crippen LogP contribution in [-0.4, -0.2) is 55.0 Å². The molecule has 1 fully saturated rings. The number of amides is 1. The predicted octanol–water partition coefficient (Wildman–Crippen LogP) is 1.76. The van der Waals surface area contributed by atoms with E-state index in [1.54, 1.807) is 6.07 Å². The van der Waals surface area contributed by atoms with Gasteiger partial charge in [-0.05, 0) is 12.1 Å². The molecule has 6 nitrogen and oxygen atoms in total. The van der Waals surface area contributed by atoms with Gasteiger partial charge in [-0.1, -0.05) is 19.1 Å². The van der Waals surface area contributed by atoms with Crippen LogP contribution in [-0.2, 0) is 4.79 Å². The Bertz CT molecular complexity index is 763. The molecule has 24 heavy (non-hydrogen) atoms. The third kappa shape index (κ3) is 3.76. The van der Waals surface area contributed by atoms with Gasteiger partial charge in [-0.2, -0.15) is 0 Å². The zero-order valence-electron chi connectivity index (χ0n) is 14.0. The van der Waals surface area contributed by atoms with Gasteiger partial charge in [0.15, 0.2) is 0 Å². The maximum Gasteiger partial charge on any atom is 0.338 e. The fourth-order valence-electron chi connectivity index (χ4n) is 3.05. The topological polar surface area (TPSA) is 65.8 Å². The van der Waals surface area contributed by atoms with Crippen molar-refractivity contribution in [2.75, 3.05) is 44.6 Å². The van der Waals surface area contributed by atoms with Crippen LogP contribution in [0.25, 0.3) is 11.0 Å². The molecule has 1 aromatic heterocycles. The molecule has 0 saturated carbocycles. The normalized spacial score (nSPS) is 15.6. The lowest BCUT2D eigenvalue weighted by Crippen LogP contribution is -2.49. The van der Waals surface area contributed by atoms with Crippen LogP contribution >= 0.6 is 0 Å². The molecule has 1 saturated heterocycles. The molecule has 1 aliphatic rings. The molecule has 1 aromatic carbocycles. The summed E-state index contributed by atoms with van der Waals surface area (Å²) in [7, 11) is 0. The van der Waals surface area contributed by atoms with Crippen molar-refractivity contribution < 1.29 is 9.21 Å². The van der Waals surface area contributed by atoms with Crippen LogP contribution in [0.4, 0.5) is 5.69 Å². The Balaban J connectivity index is 1.54. The Kier molecular flexibility index (Phi) is 5.15. The van der Waals surface area contributed by atoms with Crippen LogP contribution in [0, 0.1) is 0 Å². The average Bonchev–Trinajstić information content (AvgIpc) is 2.61. The number of piperazine rings is 1. The Morgan fingerprint density at radius 3 is 2.71 bits per heavy atom. The van der Waals surface area contributed by atoms with Crippen molar-refractivity contribution in [1.29, 1.82) is 0 Å². The van der Waals surface area contributed by atoms with Gasteiger partial charge in [-0.25, -0.2) is 4.79 Å². The van der Waals surface area contributed by atoms with Crippen molar-refractivity contribution in [1.82, 2.24) is 9.80 Å². The van der Waals surface area contributed by atoms with E-state index in [2.05, 4.69) is 10.2 Å². The third-order valence-corrected chi connectivity index (χ3v) is 4.42. The van der Waals surface area contributed by atoms with E-state index in [-0.39, 0.29) is 11.5 Å². The van der Waals surface area contributed by atoms with Crippen molar-refractivity contribution in [3.63, 3.8) is 0 Å². The third-order valence-electron chi connectivity index (χ3n) is 4.42. The molecule has 2 heterocycles. The van der Waals surface area contributed by atoms with E-state index in [1.807, 2.05) is 30.0 Å². The summed E-state index contributed by atoms with van der Waals surface area (Å²) in [5.74, 6) is 0.232. The summed E-state index contributed by atoms with van der Waals surface area (Å²) in [6.45, 7) is 6.91. The van der Waals surface area contributed by atoms with E-state index in [1.165, 1.54) is 6.07 Å². The number of para-hydroxylation sites is 1. The highest BCUT2D eigenvalue weighted by molar-refractivity contribution is 5.89. The standard InChI is InChI=1S/C18H23N3O3/c1-2-17(22)21-11-9-20(10-12-21)8-7-19-15-13-18(23)24-16-6-4-3-5-14(15)16/h3-6,13,19H,2,7-12H2,1H3. The quantitative estimate of drug-likeness (QED) is 0.847. The molecule has 0 bridgehead atoms. The zero-order chi connectivity index (χ0) is 16.9. The van der Waals surface area contributed by atoms with E-state index < -0.39 is 0 Å². The first kappa shape index (κ1) is 16.5.